The third-order valence-corrected chi connectivity index (χ3v) is 5.12. The van der Waals surface area contributed by atoms with Crippen LogP contribution in [0.15, 0.2) is 0 Å². The molecule has 3 atom stereocenters. The Labute approximate surface area is 108 Å². The maximum absolute atomic E-state index is 10.9. The van der Waals surface area contributed by atoms with Gasteiger partial charge >= 0.3 is 13.2 Å². The van der Waals surface area contributed by atoms with E-state index in [2.05, 4.69) is 27.7 Å². The molecule has 5 nitrogen and oxygen atoms in total. The molecule has 2 heterocycles. The third-order valence-electron chi connectivity index (χ3n) is 5.12. The van der Waals surface area contributed by atoms with Crippen LogP contribution in [-0.2, 0) is 9.31 Å². The summed E-state index contributed by atoms with van der Waals surface area (Å²) in [5.41, 5.74) is -0.581. The van der Waals surface area contributed by atoms with Crippen LogP contribution in [0.1, 0.15) is 27.7 Å². The average Bonchev–Trinajstić information content (AvgIpc) is 2.60. The molecule has 100 valence electrons. The van der Waals surface area contributed by atoms with Crippen molar-refractivity contribution in [2.45, 2.75) is 44.7 Å². The fraction of sp³-hybridized carbons (Fsp3) is 0.917. The summed E-state index contributed by atoms with van der Waals surface area (Å²) in [7, 11) is -0.166. The van der Waals surface area contributed by atoms with E-state index in [-0.39, 0.29) is 18.3 Å². The molecule has 1 N–H and O–H groups in total. The van der Waals surface area contributed by atoms with Crippen LogP contribution in [0.3, 0.4) is 0 Å². The van der Waals surface area contributed by atoms with Gasteiger partial charge in [0.15, 0.2) is 0 Å². The van der Waals surface area contributed by atoms with E-state index in [9.17, 15) is 4.79 Å². The van der Waals surface area contributed by atoms with Crippen molar-refractivity contribution in [1.82, 2.24) is 4.90 Å². The molecule has 0 spiro atoms. The molecular formula is C12H20BNO4. The Hall–Kier alpha value is -0.745. The van der Waals surface area contributed by atoms with Crippen LogP contribution in [0.25, 0.3) is 0 Å². The topological polar surface area (TPSA) is 59.0 Å². The first-order valence-electron chi connectivity index (χ1n) is 6.56. The van der Waals surface area contributed by atoms with E-state index in [1.165, 1.54) is 4.90 Å². The first-order valence-corrected chi connectivity index (χ1v) is 6.56. The molecule has 2 aliphatic heterocycles. The van der Waals surface area contributed by atoms with Crippen LogP contribution in [-0.4, -0.2) is 47.5 Å². The van der Waals surface area contributed by atoms with E-state index in [0.29, 0.717) is 30.7 Å². The van der Waals surface area contributed by atoms with E-state index >= 15 is 0 Å². The molecule has 18 heavy (non-hydrogen) atoms. The summed E-state index contributed by atoms with van der Waals surface area (Å²) in [4.78, 5) is 12.4. The molecule has 3 aliphatic rings. The molecule has 0 aromatic rings. The van der Waals surface area contributed by atoms with Crippen LogP contribution in [0.5, 0.6) is 0 Å². The zero-order valence-corrected chi connectivity index (χ0v) is 11.3. The summed E-state index contributed by atoms with van der Waals surface area (Å²) in [6, 6.07) is 0. The van der Waals surface area contributed by atoms with E-state index in [1.807, 2.05) is 0 Å². The van der Waals surface area contributed by atoms with Gasteiger partial charge in [-0.1, -0.05) is 0 Å². The number of amides is 1. The molecule has 1 saturated carbocycles. The summed E-state index contributed by atoms with van der Waals surface area (Å²) >= 11 is 0. The quantitative estimate of drug-likeness (QED) is 0.722. The Balaban J connectivity index is 1.64. The van der Waals surface area contributed by atoms with Gasteiger partial charge in [-0.2, -0.15) is 0 Å². The molecule has 0 bridgehead atoms. The summed E-state index contributed by atoms with van der Waals surface area (Å²) in [6.45, 7) is 9.47. The lowest BCUT2D eigenvalue weighted by atomic mass is 9.79. The van der Waals surface area contributed by atoms with E-state index in [4.69, 9.17) is 14.4 Å². The zero-order valence-electron chi connectivity index (χ0n) is 11.3. The Morgan fingerprint density at radius 1 is 1.17 bits per heavy atom. The highest BCUT2D eigenvalue weighted by Gasteiger charge is 2.67. The number of fused-ring (bicyclic) bond motifs is 1. The van der Waals surface area contributed by atoms with Gasteiger partial charge in [-0.3, -0.25) is 0 Å². The number of hydrogen-bond acceptors (Lipinski definition) is 3. The van der Waals surface area contributed by atoms with Gasteiger partial charge in [0.05, 0.1) is 11.2 Å². The molecule has 1 aliphatic carbocycles. The Morgan fingerprint density at radius 2 is 1.61 bits per heavy atom. The lowest BCUT2D eigenvalue weighted by molar-refractivity contribution is 0.00578. The molecule has 0 radical (unpaired) electrons. The monoisotopic (exact) mass is 253 g/mol. The second-order valence-electron chi connectivity index (χ2n) is 6.72. The minimum absolute atomic E-state index is 0.166. The molecule has 0 aromatic heterocycles. The number of piperidine rings is 1. The first kappa shape index (κ1) is 12.3. The zero-order chi connectivity index (χ0) is 13.3. The molecule has 6 heteroatoms. The predicted molar refractivity (Wildman–Crippen MR) is 66.4 cm³/mol. The normalized spacial score (nSPS) is 39.9. The Bertz CT molecular complexity index is 370. The summed E-state index contributed by atoms with van der Waals surface area (Å²) in [6.07, 6.45) is -0.810. The Morgan fingerprint density at radius 3 is 2.00 bits per heavy atom. The molecule has 0 unspecified atom stereocenters. The lowest BCUT2D eigenvalue weighted by Crippen LogP contribution is -2.41. The van der Waals surface area contributed by atoms with Crippen LogP contribution in [0.4, 0.5) is 4.79 Å². The molecule has 1 amide bonds. The summed E-state index contributed by atoms with van der Waals surface area (Å²) < 4.78 is 12.1. The molecule has 3 rings (SSSR count). The molecular weight excluding hydrogens is 233 g/mol. The highest BCUT2D eigenvalue weighted by molar-refractivity contribution is 6.49. The van der Waals surface area contributed by atoms with E-state index in [1.54, 1.807) is 0 Å². The summed E-state index contributed by atoms with van der Waals surface area (Å²) in [5.74, 6) is 1.23. The summed E-state index contributed by atoms with van der Waals surface area (Å²) in [5, 5.41) is 8.93. The van der Waals surface area contributed by atoms with Gasteiger partial charge in [-0.15, -0.1) is 0 Å². The third kappa shape index (κ3) is 1.58. The maximum atomic E-state index is 10.9. The van der Waals surface area contributed by atoms with Crippen molar-refractivity contribution < 1.29 is 19.2 Å². The highest BCUT2D eigenvalue weighted by atomic mass is 16.7. The number of carbonyl (C=O) groups is 1. The van der Waals surface area contributed by atoms with E-state index < -0.39 is 6.09 Å². The number of hydrogen-bond donors (Lipinski definition) is 1. The van der Waals surface area contributed by atoms with Crippen molar-refractivity contribution >= 4 is 13.2 Å². The minimum Gasteiger partial charge on any atom is -0.465 e. The average molecular weight is 253 g/mol. The standard InChI is InChI=1S/C12H20BNO4/c1-11(2)12(3,4)18-13(17-11)9-7-5-14(10(15)16)6-8(7)9/h7-9H,5-6H2,1-4H3,(H,15,16)/t7-,8+,9+. The maximum Gasteiger partial charge on any atom is 0.461 e. The van der Waals surface area contributed by atoms with Gasteiger partial charge in [0.2, 0.25) is 0 Å². The van der Waals surface area contributed by atoms with Gasteiger partial charge in [0, 0.05) is 18.9 Å². The molecule has 0 aromatic carbocycles. The fourth-order valence-electron chi connectivity index (χ4n) is 3.18. The van der Waals surface area contributed by atoms with Crippen molar-refractivity contribution in [2.24, 2.45) is 11.8 Å². The lowest BCUT2D eigenvalue weighted by Gasteiger charge is -2.32. The smallest absolute Gasteiger partial charge is 0.461 e. The van der Waals surface area contributed by atoms with Crippen LogP contribution >= 0.6 is 0 Å². The molecule has 2 saturated heterocycles. The van der Waals surface area contributed by atoms with Gasteiger partial charge in [-0.05, 0) is 39.5 Å². The van der Waals surface area contributed by atoms with Crippen molar-refractivity contribution in [3.63, 3.8) is 0 Å². The number of rotatable bonds is 1. The van der Waals surface area contributed by atoms with Crippen molar-refractivity contribution in [2.75, 3.05) is 13.1 Å². The largest absolute Gasteiger partial charge is 0.465 e. The van der Waals surface area contributed by atoms with Crippen LogP contribution < -0.4 is 0 Å². The van der Waals surface area contributed by atoms with Crippen molar-refractivity contribution in [3.8, 4) is 0 Å². The minimum atomic E-state index is -0.810. The fourth-order valence-corrected chi connectivity index (χ4v) is 3.18. The predicted octanol–water partition coefficient (Wildman–Crippen LogP) is 1.69. The van der Waals surface area contributed by atoms with Crippen LogP contribution in [0, 0.1) is 11.8 Å². The van der Waals surface area contributed by atoms with Crippen molar-refractivity contribution in [3.05, 3.63) is 0 Å². The van der Waals surface area contributed by atoms with Gasteiger partial charge in [-0.25, -0.2) is 4.79 Å². The first-order chi connectivity index (χ1) is 8.23. The Kier molecular flexibility index (Phi) is 2.34. The van der Waals surface area contributed by atoms with Gasteiger partial charge in [0.25, 0.3) is 0 Å². The van der Waals surface area contributed by atoms with Crippen molar-refractivity contribution in [1.29, 1.82) is 0 Å². The van der Waals surface area contributed by atoms with Gasteiger partial charge in [0.1, 0.15) is 0 Å². The van der Waals surface area contributed by atoms with Crippen LogP contribution in [0.2, 0.25) is 5.82 Å². The second kappa shape index (κ2) is 3.42. The number of carboxylic acid groups (broad SMARTS) is 1. The number of likely N-dealkylation sites (tertiary alicyclic amines) is 1. The SMILES string of the molecule is CC1(C)OB([C@H]2[C@@H]3CN(C(=O)O)C[C@@H]32)OC1(C)C. The molecule has 3 fully saturated rings. The second-order valence-corrected chi connectivity index (χ2v) is 6.72. The van der Waals surface area contributed by atoms with E-state index in [0.717, 1.165) is 0 Å². The highest BCUT2D eigenvalue weighted by Crippen LogP contribution is 2.61. The van der Waals surface area contributed by atoms with Gasteiger partial charge < -0.3 is 19.3 Å². The number of nitrogens with zero attached hydrogens (tertiary/aromatic N) is 1.